The van der Waals surface area contributed by atoms with E-state index < -0.39 is 0 Å². The molecule has 31 heavy (non-hydrogen) atoms. The van der Waals surface area contributed by atoms with Crippen LogP contribution in [0.2, 0.25) is 0 Å². The third-order valence-corrected chi connectivity index (χ3v) is 6.12. The molecule has 0 aliphatic carbocycles. The van der Waals surface area contributed by atoms with Crippen LogP contribution in [0.5, 0.6) is 11.5 Å². The quantitative estimate of drug-likeness (QED) is 0.395. The predicted octanol–water partition coefficient (Wildman–Crippen LogP) is 5.45. The van der Waals surface area contributed by atoms with Crippen LogP contribution in [-0.4, -0.2) is 31.8 Å². The molecule has 0 bridgehead atoms. The van der Waals surface area contributed by atoms with E-state index in [1.807, 2.05) is 24.3 Å². The first-order chi connectivity index (χ1) is 14.8. The second-order valence-corrected chi connectivity index (χ2v) is 7.94. The minimum absolute atomic E-state index is 0. The maximum Gasteiger partial charge on any atom is 0.127 e. The summed E-state index contributed by atoms with van der Waals surface area (Å²) in [5.41, 5.74) is 5.62. The Morgan fingerprint density at radius 3 is 2.48 bits per heavy atom. The zero-order chi connectivity index (χ0) is 20.3. The largest absolute Gasteiger partial charge is 0.496 e. The summed E-state index contributed by atoms with van der Waals surface area (Å²) >= 11 is 0. The molecule has 0 saturated heterocycles. The Morgan fingerprint density at radius 2 is 1.65 bits per heavy atom. The second kappa shape index (κ2) is 9.63. The Labute approximate surface area is 189 Å². The monoisotopic (exact) mass is 436 g/mol. The molecule has 2 N–H and O–H groups in total. The lowest BCUT2D eigenvalue weighted by atomic mass is 9.99. The number of benzene rings is 3. The Kier molecular flexibility index (Phi) is 6.69. The molecule has 5 heteroatoms. The highest BCUT2D eigenvalue weighted by atomic mass is 35.5. The molecule has 4 nitrogen and oxygen atoms in total. The van der Waals surface area contributed by atoms with Gasteiger partial charge in [0.2, 0.25) is 0 Å². The summed E-state index contributed by atoms with van der Waals surface area (Å²) in [4.78, 5) is 3.66. The number of rotatable bonds is 6. The number of nitrogens with one attached hydrogen (secondary N) is 2. The van der Waals surface area contributed by atoms with E-state index in [9.17, 15) is 0 Å². The smallest absolute Gasteiger partial charge is 0.127 e. The SMILES string of the molecule is COc1ccc(OCCCc2cccc3[nH]c4c(c23)CCNCC4)c2ccccc12.Cl. The maximum absolute atomic E-state index is 6.19. The summed E-state index contributed by atoms with van der Waals surface area (Å²) < 4.78 is 11.7. The van der Waals surface area contributed by atoms with Gasteiger partial charge in [-0.3, -0.25) is 0 Å². The van der Waals surface area contributed by atoms with Gasteiger partial charge in [-0.1, -0.05) is 36.4 Å². The van der Waals surface area contributed by atoms with Gasteiger partial charge in [0.05, 0.1) is 13.7 Å². The van der Waals surface area contributed by atoms with Gasteiger partial charge in [-0.15, -0.1) is 12.4 Å². The van der Waals surface area contributed by atoms with Crippen LogP contribution in [0.25, 0.3) is 21.7 Å². The number of H-pyrrole nitrogens is 1. The van der Waals surface area contributed by atoms with Crippen molar-refractivity contribution in [2.75, 3.05) is 26.8 Å². The lowest BCUT2D eigenvalue weighted by molar-refractivity contribution is 0.314. The third-order valence-electron chi connectivity index (χ3n) is 6.12. The van der Waals surface area contributed by atoms with Crippen molar-refractivity contribution in [1.29, 1.82) is 0 Å². The van der Waals surface area contributed by atoms with Crippen molar-refractivity contribution in [3.05, 3.63) is 71.4 Å². The first kappa shape index (κ1) is 21.5. The van der Waals surface area contributed by atoms with E-state index in [-0.39, 0.29) is 12.4 Å². The third kappa shape index (κ3) is 4.23. The van der Waals surface area contributed by atoms with Gasteiger partial charge in [-0.2, -0.15) is 0 Å². The summed E-state index contributed by atoms with van der Waals surface area (Å²) in [6.45, 7) is 2.81. The molecule has 0 amide bonds. The standard InChI is InChI=1S/C26H28N2O2.ClH/c1-29-24-11-12-25(20-9-3-2-8-19(20)24)30-17-5-7-18-6-4-10-23-26(18)21-13-15-27-16-14-22(21)28-23;/h2-4,6,8-12,27-28H,5,7,13-17H2,1H3;1H. The molecule has 0 radical (unpaired) electrons. The fourth-order valence-corrected chi connectivity index (χ4v) is 4.69. The van der Waals surface area contributed by atoms with Crippen molar-refractivity contribution in [2.24, 2.45) is 0 Å². The molecule has 4 aromatic rings. The maximum atomic E-state index is 6.19. The predicted molar refractivity (Wildman–Crippen MR) is 130 cm³/mol. The Morgan fingerprint density at radius 1 is 0.871 bits per heavy atom. The number of hydrogen-bond acceptors (Lipinski definition) is 3. The van der Waals surface area contributed by atoms with E-state index in [4.69, 9.17) is 9.47 Å². The highest BCUT2D eigenvalue weighted by molar-refractivity contribution is 5.93. The van der Waals surface area contributed by atoms with Crippen LogP contribution in [0.3, 0.4) is 0 Å². The zero-order valence-electron chi connectivity index (χ0n) is 17.9. The van der Waals surface area contributed by atoms with Crippen molar-refractivity contribution in [2.45, 2.75) is 25.7 Å². The summed E-state index contributed by atoms with van der Waals surface area (Å²) in [5.74, 6) is 1.80. The first-order valence-corrected chi connectivity index (χ1v) is 10.9. The lowest BCUT2D eigenvalue weighted by Crippen LogP contribution is -2.16. The molecule has 1 aliphatic rings. The van der Waals surface area contributed by atoms with Crippen molar-refractivity contribution in [3.8, 4) is 11.5 Å². The summed E-state index contributed by atoms with van der Waals surface area (Å²) in [7, 11) is 1.71. The number of aromatic nitrogens is 1. The normalized spacial score (nSPS) is 13.5. The molecule has 1 aromatic heterocycles. The van der Waals surface area contributed by atoms with Crippen LogP contribution in [0.1, 0.15) is 23.2 Å². The Hall–Kier alpha value is -2.69. The fraction of sp³-hybridized carbons (Fsp3) is 0.308. The molecule has 0 spiro atoms. The molecule has 0 atom stereocenters. The molecule has 3 aromatic carbocycles. The molecule has 0 fully saturated rings. The van der Waals surface area contributed by atoms with E-state index >= 15 is 0 Å². The van der Waals surface area contributed by atoms with Gasteiger partial charge in [-0.05, 0) is 55.1 Å². The van der Waals surface area contributed by atoms with Crippen LogP contribution in [0, 0.1) is 0 Å². The second-order valence-electron chi connectivity index (χ2n) is 7.94. The number of halogens is 1. The van der Waals surface area contributed by atoms with Crippen molar-refractivity contribution in [3.63, 3.8) is 0 Å². The minimum Gasteiger partial charge on any atom is -0.496 e. The number of hydrogen-bond donors (Lipinski definition) is 2. The number of fused-ring (bicyclic) bond motifs is 4. The number of ether oxygens (including phenoxy) is 2. The number of aryl methyl sites for hydroxylation is 1. The molecule has 5 rings (SSSR count). The van der Waals surface area contributed by atoms with Gasteiger partial charge in [0.15, 0.2) is 0 Å². The number of aromatic amines is 1. The van der Waals surface area contributed by atoms with Crippen LogP contribution < -0.4 is 14.8 Å². The van der Waals surface area contributed by atoms with Gasteiger partial charge < -0.3 is 19.8 Å². The van der Waals surface area contributed by atoms with Gasteiger partial charge in [-0.25, -0.2) is 0 Å². The van der Waals surface area contributed by atoms with Gasteiger partial charge in [0.1, 0.15) is 11.5 Å². The molecule has 0 unspecified atom stereocenters. The highest BCUT2D eigenvalue weighted by Gasteiger charge is 2.16. The van der Waals surface area contributed by atoms with Crippen molar-refractivity contribution in [1.82, 2.24) is 10.3 Å². The lowest BCUT2D eigenvalue weighted by Gasteiger charge is -2.12. The molecule has 162 valence electrons. The van der Waals surface area contributed by atoms with Gasteiger partial charge in [0.25, 0.3) is 0 Å². The summed E-state index contributed by atoms with van der Waals surface area (Å²) in [5, 5.41) is 7.13. The highest BCUT2D eigenvalue weighted by Crippen LogP contribution is 2.33. The average Bonchev–Trinajstić information content (AvgIpc) is 2.98. The molecule has 1 aliphatic heterocycles. The van der Waals surface area contributed by atoms with Gasteiger partial charge in [0, 0.05) is 40.3 Å². The van der Waals surface area contributed by atoms with Crippen LogP contribution in [0.4, 0.5) is 0 Å². The number of methoxy groups -OCH3 is 1. The molecule has 0 saturated carbocycles. The topological polar surface area (TPSA) is 46.3 Å². The molecular formula is C26H29ClN2O2. The van der Waals surface area contributed by atoms with Crippen LogP contribution >= 0.6 is 12.4 Å². The van der Waals surface area contributed by atoms with E-state index in [1.165, 1.54) is 27.7 Å². The van der Waals surface area contributed by atoms with E-state index in [1.54, 1.807) is 7.11 Å². The van der Waals surface area contributed by atoms with E-state index in [0.717, 1.165) is 61.0 Å². The fourth-order valence-electron chi connectivity index (χ4n) is 4.69. The molecular weight excluding hydrogens is 408 g/mol. The van der Waals surface area contributed by atoms with Crippen molar-refractivity contribution >= 4 is 34.1 Å². The summed E-state index contributed by atoms with van der Waals surface area (Å²) in [6.07, 6.45) is 4.18. The first-order valence-electron chi connectivity index (χ1n) is 10.9. The van der Waals surface area contributed by atoms with Crippen LogP contribution in [0.15, 0.2) is 54.6 Å². The van der Waals surface area contributed by atoms with E-state index in [2.05, 4.69) is 40.6 Å². The molecule has 2 heterocycles. The minimum atomic E-state index is 0. The zero-order valence-corrected chi connectivity index (χ0v) is 18.7. The Balaban J connectivity index is 0.00000231. The van der Waals surface area contributed by atoms with E-state index in [0.29, 0.717) is 6.61 Å². The van der Waals surface area contributed by atoms with Gasteiger partial charge >= 0.3 is 0 Å². The van der Waals surface area contributed by atoms with Crippen LogP contribution in [-0.2, 0) is 19.3 Å². The van der Waals surface area contributed by atoms with Crippen molar-refractivity contribution < 1.29 is 9.47 Å². The Bertz CT molecular complexity index is 1180. The average molecular weight is 437 g/mol. The summed E-state index contributed by atoms with van der Waals surface area (Å²) in [6, 6.07) is 18.9.